The molecular formula is C19H28N2O4. The molecule has 0 bridgehead atoms. The van der Waals surface area contributed by atoms with E-state index in [4.69, 9.17) is 9.47 Å². The van der Waals surface area contributed by atoms with Crippen molar-refractivity contribution in [2.75, 3.05) is 6.54 Å². The van der Waals surface area contributed by atoms with E-state index in [1.54, 1.807) is 23.4 Å². The van der Waals surface area contributed by atoms with Crippen LogP contribution < -0.4 is 4.74 Å². The molecule has 2 aliphatic rings. The maximum atomic E-state index is 12.6. The number of ether oxygens (including phenoxy) is 2. The average Bonchev–Trinajstić information content (AvgIpc) is 3.37. The van der Waals surface area contributed by atoms with Gasteiger partial charge in [-0.1, -0.05) is 0 Å². The topological polar surface area (TPSA) is 71.9 Å². The van der Waals surface area contributed by atoms with Crippen LogP contribution in [0.2, 0.25) is 0 Å². The summed E-state index contributed by atoms with van der Waals surface area (Å²) in [5.74, 6) is 0.666. The number of pyridine rings is 1. The van der Waals surface area contributed by atoms with Crippen molar-refractivity contribution < 1.29 is 19.4 Å². The van der Waals surface area contributed by atoms with Crippen LogP contribution in [-0.2, 0) is 4.74 Å². The van der Waals surface area contributed by atoms with Crippen LogP contribution in [0.3, 0.4) is 0 Å². The molecule has 2 atom stereocenters. The minimum Gasteiger partial charge on any atom is -0.490 e. The Kier molecular flexibility index (Phi) is 5.18. The maximum Gasteiger partial charge on any atom is 0.410 e. The summed E-state index contributed by atoms with van der Waals surface area (Å²) >= 11 is 0. The highest BCUT2D eigenvalue weighted by Gasteiger charge is 2.37. The van der Waals surface area contributed by atoms with Crippen molar-refractivity contribution in [1.29, 1.82) is 0 Å². The van der Waals surface area contributed by atoms with Gasteiger partial charge in [-0.2, -0.15) is 0 Å². The van der Waals surface area contributed by atoms with Gasteiger partial charge in [0.25, 0.3) is 0 Å². The Bertz CT molecular complexity index is 610. The summed E-state index contributed by atoms with van der Waals surface area (Å²) in [4.78, 5) is 18.4. The Labute approximate surface area is 149 Å². The molecule has 3 rings (SSSR count). The molecule has 0 spiro atoms. The first-order valence-corrected chi connectivity index (χ1v) is 9.13. The molecule has 25 heavy (non-hydrogen) atoms. The van der Waals surface area contributed by atoms with Gasteiger partial charge in [-0.15, -0.1) is 0 Å². The molecule has 1 aromatic heterocycles. The molecule has 0 radical (unpaired) electrons. The summed E-state index contributed by atoms with van der Waals surface area (Å²) in [5, 5.41) is 11.0. The monoisotopic (exact) mass is 348 g/mol. The molecule has 1 saturated heterocycles. The predicted octanol–water partition coefficient (Wildman–Crippen LogP) is 3.45. The zero-order valence-corrected chi connectivity index (χ0v) is 15.3. The Morgan fingerprint density at radius 3 is 2.76 bits per heavy atom. The number of carbonyl (C=O) groups is 1. The zero-order chi connectivity index (χ0) is 18.0. The van der Waals surface area contributed by atoms with Crippen molar-refractivity contribution in [3.8, 4) is 5.75 Å². The van der Waals surface area contributed by atoms with Crippen molar-refractivity contribution in [2.24, 2.45) is 0 Å². The van der Waals surface area contributed by atoms with Crippen LogP contribution in [0.15, 0.2) is 18.5 Å². The summed E-state index contributed by atoms with van der Waals surface area (Å²) in [6, 6.07) is 1.46. The lowest BCUT2D eigenvalue weighted by molar-refractivity contribution is -0.0175. The first-order chi connectivity index (χ1) is 11.8. The van der Waals surface area contributed by atoms with E-state index in [1.807, 2.05) is 20.8 Å². The van der Waals surface area contributed by atoms with E-state index in [-0.39, 0.29) is 18.2 Å². The molecule has 1 aromatic rings. The van der Waals surface area contributed by atoms with Gasteiger partial charge in [0.15, 0.2) is 0 Å². The van der Waals surface area contributed by atoms with Crippen molar-refractivity contribution >= 4 is 6.09 Å². The highest BCUT2D eigenvalue weighted by molar-refractivity contribution is 5.69. The van der Waals surface area contributed by atoms with Gasteiger partial charge in [-0.25, -0.2) is 4.79 Å². The van der Waals surface area contributed by atoms with Crippen LogP contribution in [0.4, 0.5) is 4.79 Å². The molecule has 1 N–H and O–H groups in total. The van der Waals surface area contributed by atoms with Crippen molar-refractivity contribution in [3.05, 3.63) is 24.0 Å². The molecule has 2 heterocycles. The van der Waals surface area contributed by atoms with E-state index in [9.17, 15) is 9.90 Å². The molecule has 138 valence electrons. The van der Waals surface area contributed by atoms with Gasteiger partial charge in [-0.3, -0.25) is 4.98 Å². The maximum absolute atomic E-state index is 12.6. The highest BCUT2D eigenvalue weighted by atomic mass is 16.6. The van der Waals surface area contributed by atoms with E-state index in [2.05, 4.69) is 4.98 Å². The number of carbonyl (C=O) groups excluding carboxylic acids is 1. The molecule has 6 heteroatoms. The fraction of sp³-hybridized carbons (Fsp3) is 0.684. The minimum atomic E-state index is -0.838. The molecule has 1 amide bonds. The smallest absolute Gasteiger partial charge is 0.410 e. The Hall–Kier alpha value is -1.82. The highest BCUT2D eigenvalue weighted by Crippen LogP contribution is 2.36. The number of nitrogens with zero attached hydrogens (tertiary/aromatic N) is 2. The van der Waals surface area contributed by atoms with Gasteiger partial charge >= 0.3 is 6.09 Å². The summed E-state index contributed by atoms with van der Waals surface area (Å²) < 4.78 is 11.4. The third-order valence-electron chi connectivity index (χ3n) is 4.49. The minimum absolute atomic E-state index is 0.238. The summed E-state index contributed by atoms with van der Waals surface area (Å²) in [6.45, 7) is 6.14. The second kappa shape index (κ2) is 7.20. The van der Waals surface area contributed by atoms with Crippen LogP contribution in [0.1, 0.15) is 64.5 Å². The van der Waals surface area contributed by atoms with Crippen LogP contribution in [0.25, 0.3) is 0 Å². The number of aliphatic hydroxyl groups is 1. The fourth-order valence-electron chi connectivity index (χ4n) is 3.13. The summed E-state index contributed by atoms with van der Waals surface area (Å²) in [6.07, 6.45) is 7.06. The number of aliphatic hydroxyl groups excluding tert-OH is 1. The lowest BCUT2D eigenvalue weighted by Gasteiger charge is -2.39. The normalized spacial score (nSPS) is 22.4. The average molecular weight is 348 g/mol. The second-order valence-corrected chi connectivity index (χ2v) is 7.91. The first-order valence-electron chi connectivity index (χ1n) is 9.13. The van der Waals surface area contributed by atoms with Crippen LogP contribution >= 0.6 is 0 Å². The van der Waals surface area contributed by atoms with Crippen LogP contribution in [0.5, 0.6) is 5.75 Å². The predicted molar refractivity (Wildman–Crippen MR) is 93.4 cm³/mol. The van der Waals surface area contributed by atoms with Crippen molar-refractivity contribution in [1.82, 2.24) is 9.88 Å². The molecule has 0 aromatic carbocycles. The largest absolute Gasteiger partial charge is 0.490 e. The van der Waals surface area contributed by atoms with Crippen LogP contribution in [-0.4, -0.2) is 45.4 Å². The Morgan fingerprint density at radius 2 is 2.08 bits per heavy atom. The molecule has 2 fully saturated rings. The third-order valence-corrected chi connectivity index (χ3v) is 4.49. The van der Waals surface area contributed by atoms with Gasteiger partial charge in [-0.05, 0) is 58.9 Å². The standard InChI is InChI=1S/C19H28N2O4/c1-19(2,3)25-18(23)21-11-5-4-6-15(21)17(22)14-12-20-10-9-16(14)24-13-7-8-13/h9-10,12-13,15,17,22H,4-8,11H2,1-3H3/t15-,17?/m0/s1. The van der Waals surface area contributed by atoms with Crippen LogP contribution in [0, 0.1) is 0 Å². The van der Waals surface area contributed by atoms with E-state index in [0.717, 1.165) is 32.1 Å². The number of hydrogen-bond acceptors (Lipinski definition) is 5. The zero-order valence-electron chi connectivity index (χ0n) is 15.3. The molecule has 1 aliphatic heterocycles. The lowest BCUT2D eigenvalue weighted by Crippen LogP contribution is -2.48. The molecule has 1 saturated carbocycles. The number of aromatic nitrogens is 1. The van der Waals surface area contributed by atoms with Gasteiger partial charge in [0.05, 0.1) is 12.1 Å². The molecule has 6 nitrogen and oxygen atoms in total. The third kappa shape index (κ3) is 4.63. The SMILES string of the molecule is CC(C)(C)OC(=O)N1CCCC[C@H]1C(O)c1cnccc1OC1CC1. The molecule has 1 unspecified atom stereocenters. The fourth-order valence-corrected chi connectivity index (χ4v) is 3.13. The van der Waals surface area contributed by atoms with Gasteiger partial charge in [0.1, 0.15) is 17.5 Å². The second-order valence-electron chi connectivity index (χ2n) is 7.91. The van der Waals surface area contributed by atoms with E-state index in [1.165, 1.54) is 0 Å². The number of rotatable bonds is 4. The molecule has 1 aliphatic carbocycles. The van der Waals surface area contributed by atoms with Crippen molar-refractivity contribution in [2.45, 2.75) is 76.7 Å². The van der Waals surface area contributed by atoms with Gasteiger partial charge in [0, 0.05) is 24.5 Å². The summed E-state index contributed by atoms with van der Waals surface area (Å²) in [7, 11) is 0. The van der Waals surface area contributed by atoms with E-state index >= 15 is 0 Å². The van der Waals surface area contributed by atoms with E-state index in [0.29, 0.717) is 17.9 Å². The lowest BCUT2D eigenvalue weighted by atomic mass is 9.93. The van der Waals surface area contributed by atoms with Gasteiger partial charge in [0.2, 0.25) is 0 Å². The van der Waals surface area contributed by atoms with E-state index < -0.39 is 11.7 Å². The summed E-state index contributed by atoms with van der Waals surface area (Å²) in [5.41, 5.74) is 0.0911. The quantitative estimate of drug-likeness (QED) is 0.902. The number of hydrogen-bond donors (Lipinski definition) is 1. The molecular weight excluding hydrogens is 320 g/mol. The Morgan fingerprint density at radius 1 is 1.32 bits per heavy atom. The first kappa shape index (κ1) is 18.0. The van der Waals surface area contributed by atoms with Gasteiger partial charge < -0.3 is 19.5 Å². The number of piperidine rings is 1. The van der Waals surface area contributed by atoms with Crippen molar-refractivity contribution in [3.63, 3.8) is 0 Å². The number of amides is 1. The number of likely N-dealkylation sites (tertiary alicyclic amines) is 1. The Balaban J connectivity index is 1.79.